The van der Waals surface area contributed by atoms with Crippen LogP contribution in [0.4, 0.5) is 0 Å². The number of rotatable bonds is 6. The minimum Gasteiger partial charge on any atom is -0.508 e. The molecule has 0 radical (unpaired) electrons. The number of nitrogens with one attached hydrogen (secondary N) is 1. The van der Waals surface area contributed by atoms with E-state index in [-0.39, 0.29) is 17.7 Å². The highest BCUT2D eigenvalue weighted by Gasteiger charge is 2.29. The fourth-order valence-corrected chi connectivity index (χ4v) is 3.97. The van der Waals surface area contributed by atoms with Crippen LogP contribution in [0.3, 0.4) is 0 Å². The third kappa shape index (κ3) is 4.64. The molecule has 2 unspecified atom stereocenters. The van der Waals surface area contributed by atoms with Gasteiger partial charge in [0, 0.05) is 11.3 Å². The second-order valence-corrected chi connectivity index (χ2v) is 7.03. The summed E-state index contributed by atoms with van der Waals surface area (Å²) >= 11 is 1.92. The van der Waals surface area contributed by atoms with Crippen LogP contribution in [0.15, 0.2) is 24.3 Å². The Morgan fingerprint density at radius 2 is 2.14 bits per heavy atom. The lowest BCUT2D eigenvalue weighted by atomic mass is 10.1. The standard InChI is InChI=1S/C16H24N2O2S/c1-2-21-15-5-3-4-14(15)18-16(20)13(17)10-11-6-8-12(19)9-7-11/h6-9,13-15,19H,2-5,10,17H2,1H3,(H,18,20)/t13-,14?,15?/m1/s1. The smallest absolute Gasteiger partial charge is 0.237 e. The van der Waals surface area contributed by atoms with Crippen molar-refractivity contribution in [1.82, 2.24) is 5.32 Å². The number of benzene rings is 1. The average molecular weight is 308 g/mol. The highest BCUT2D eigenvalue weighted by molar-refractivity contribution is 7.99. The normalized spacial score (nSPS) is 23.0. The molecule has 5 heteroatoms. The second kappa shape index (κ2) is 7.71. The summed E-state index contributed by atoms with van der Waals surface area (Å²) in [5.41, 5.74) is 6.96. The van der Waals surface area contributed by atoms with Gasteiger partial charge >= 0.3 is 0 Å². The quantitative estimate of drug-likeness (QED) is 0.752. The van der Waals surface area contributed by atoms with Crippen molar-refractivity contribution >= 4 is 17.7 Å². The van der Waals surface area contributed by atoms with Crippen molar-refractivity contribution in [3.63, 3.8) is 0 Å². The number of thioether (sulfide) groups is 1. The number of carbonyl (C=O) groups excluding carboxylic acids is 1. The average Bonchev–Trinajstić information content (AvgIpc) is 2.89. The lowest BCUT2D eigenvalue weighted by Gasteiger charge is -2.22. The molecule has 1 aliphatic carbocycles. The maximum atomic E-state index is 12.2. The first kappa shape index (κ1) is 16.2. The lowest BCUT2D eigenvalue weighted by molar-refractivity contribution is -0.123. The summed E-state index contributed by atoms with van der Waals surface area (Å²) in [5, 5.41) is 12.9. The van der Waals surface area contributed by atoms with E-state index in [1.54, 1.807) is 24.3 Å². The van der Waals surface area contributed by atoms with Gasteiger partial charge in [0.2, 0.25) is 5.91 Å². The predicted molar refractivity (Wildman–Crippen MR) is 87.5 cm³/mol. The summed E-state index contributed by atoms with van der Waals surface area (Å²) in [6.45, 7) is 2.15. The van der Waals surface area contributed by atoms with Gasteiger partial charge < -0.3 is 16.2 Å². The number of amides is 1. The van der Waals surface area contributed by atoms with E-state index in [1.807, 2.05) is 11.8 Å². The summed E-state index contributed by atoms with van der Waals surface area (Å²) in [7, 11) is 0. The summed E-state index contributed by atoms with van der Waals surface area (Å²) in [6, 6.07) is 6.55. The van der Waals surface area contributed by atoms with Crippen LogP contribution in [0.5, 0.6) is 5.75 Å². The Hall–Kier alpha value is -1.20. The van der Waals surface area contributed by atoms with Crippen molar-refractivity contribution in [2.24, 2.45) is 5.73 Å². The molecule has 4 N–H and O–H groups in total. The van der Waals surface area contributed by atoms with Gasteiger partial charge in [-0.15, -0.1) is 0 Å². The minimum absolute atomic E-state index is 0.0725. The SMILES string of the molecule is CCSC1CCCC1NC(=O)[C@H](N)Cc1ccc(O)cc1. The van der Waals surface area contributed by atoms with Gasteiger partial charge in [0.15, 0.2) is 0 Å². The van der Waals surface area contributed by atoms with E-state index in [9.17, 15) is 9.90 Å². The predicted octanol–water partition coefficient (Wildman–Crippen LogP) is 2.05. The minimum atomic E-state index is -0.539. The number of nitrogens with two attached hydrogens (primary N) is 1. The van der Waals surface area contributed by atoms with Gasteiger partial charge in [0.25, 0.3) is 0 Å². The number of hydrogen-bond donors (Lipinski definition) is 3. The molecule has 0 aliphatic heterocycles. The zero-order chi connectivity index (χ0) is 15.2. The fourth-order valence-electron chi connectivity index (χ4n) is 2.77. The molecule has 4 nitrogen and oxygen atoms in total. The largest absolute Gasteiger partial charge is 0.508 e. The van der Waals surface area contributed by atoms with Crippen LogP contribution in [-0.2, 0) is 11.2 Å². The molecular weight excluding hydrogens is 284 g/mol. The Kier molecular flexibility index (Phi) is 5.94. The molecule has 0 saturated heterocycles. The molecule has 21 heavy (non-hydrogen) atoms. The molecule has 3 atom stereocenters. The van der Waals surface area contributed by atoms with E-state index < -0.39 is 6.04 Å². The molecule has 0 aromatic heterocycles. The molecule has 1 fully saturated rings. The van der Waals surface area contributed by atoms with Crippen LogP contribution >= 0.6 is 11.8 Å². The van der Waals surface area contributed by atoms with Gasteiger partial charge in [-0.3, -0.25) is 4.79 Å². The number of phenols is 1. The molecule has 1 aliphatic rings. The number of aromatic hydroxyl groups is 1. The van der Waals surface area contributed by atoms with Crippen molar-refractivity contribution < 1.29 is 9.90 Å². The molecule has 1 amide bonds. The summed E-state index contributed by atoms with van der Waals surface area (Å²) < 4.78 is 0. The van der Waals surface area contributed by atoms with Crippen molar-refractivity contribution in [3.05, 3.63) is 29.8 Å². The molecule has 2 rings (SSSR count). The van der Waals surface area contributed by atoms with Crippen molar-refractivity contribution in [2.45, 2.75) is 49.9 Å². The van der Waals surface area contributed by atoms with Crippen LogP contribution in [0.25, 0.3) is 0 Å². The Morgan fingerprint density at radius 3 is 2.81 bits per heavy atom. The monoisotopic (exact) mass is 308 g/mol. The Balaban J connectivity index is 1.86. The zero-order valence-electron chi connectivity index (χ0n) is 12.4. The van der Waals surface area contributed by atoms with E-state index in [0.717, 1.165) is 17.7 Å². The van der Waals surface area contributed by atoms with Crippen LogP contribution in [-0.4, -0.2) is 34.1 Å². The van der Waals surface area contributed by atoms with Crippen molar-refractivity contribution in [2.75, 3.05) is 5.75 Å². The van der Waals surface area contributed by atoms with Crippen LogP contribution in [0.2, 0.25) is 0 Å². The van der Waals surface area contributed by atoms with Crippen molar-refractivity contribution in [1.29, 1.82) is 0 Å². The fraction of sp³-hybridized carbons (Fsp3) is 0.562. The van der Waals surface area contributed by atoms with E-state index in [4.69, 9.17) is 5.73 Å². The first-order valence-corrected chi connectivity index (χ1v) is 8.60. The maximum Gasteiger partial charge on any atom is 0.237 e. The highest BCUT2D eigenvalue weighted by atomic mass is 32.2. The molecule has 1 aromatic rings. The number of carbonyl (C=O) groups is 1. The summed E-state index contributed by atoms with van der Waals surface area (Å²) in [4.78, 5) is 12.2. The van der Waals surface area contributed by atoms with E-state index in [0.29, 0.717) is 11.7 Å². The molecular formula is C16H24N2O2S. The third-order valence-electron chi connectivity index (χ3n) is 3.89. The van der Waals surface area contributed by atoms with Crippen LogP contribution in [0.1, 0.15) is 31.7 Å². The molecule has 116 valence electrons. The van der Waals surface area contributed by atoms with Crippen LogP contribution in [0, 0.1) is 0 Å². The Morgan fingerprint density at radius 1 is 1.43 bits per heavy atom. The lowest BCUT2D eigenvalue weighted by Crippen LogP contribution is -2.48. The Labute approximate surface area is 130 Å². The molecule has 0 heterocycles. The number of phenolic OH excluding ortho intramolecular Hbond substituents is 1. The van der Waals surface area contributed by atoms with E-state index >= 15 is 0 Å². The molecule has 0 bridgehead atoms. The van der Waals surface area contributed by atoms with Gasteiger partial charge in [-0.05, 0) is 42.7 Å². The first-order chi connectivity index (χ1) is 10.1. The summed E-state index contributed by atoms with van der Waals surface area (Å²) in [6.07, 6.45) is 3.90. The van der Waals surface area contributed by atoms with Gasteiger partial charge in [-0.25, -0.2) is 0 Å². The molecule has 1 saturated carbocycles. The van der Waals surface area contributed by atoms with Crippen molar-refractivity contribution in [3.8, 4) is 5.75 Å². The zero-order valence-corrected chi connectivity index (χ0v) is 13.2. The van der Waals surface area contributed by atoms with Crippen LogP contribution < -0.4 is 11.1 Å². The second-order valence-electron chi connectivity index (χ2n) is 5.52. The van der Waals surface area contributed by atoms with Gasteiger partial charge in [0.05, 0.1) is 6.04 Å². The molecule has 0 spiro atoms. The van der Waals surface area contributed by atoms with Gasteiger partial charge in [-0.2, -0.15) is 11.8 Å². The van der Waals surface area contributed by atoms with Gasteiger partial charge in [-0.1, -0.05) is 25.5 Å². The summed E-state index contributed by atoms with van der Waals surface area (Å²) in [5.74, 6) is 1.23. The highest BCUT2D eigenvalue weighted by Crippen LogP contribution is 2.29. The van der Waals surface area contributed by atoms with E-state index in [2.05, 4.69) is 12.2 Å². The van der Waals surface area contributed by atoms with E-state index in [1.165, 1.54) is 12.8 Å². The maximum absolute atomic E-state index is 12.2. The first-order valence-electron chi connectivity index (χ1n) is 7.55. The number of hydrogen-bond acceptors (Lipinski definition) is 4. The topological polar surface area (TPSA) is 75.4 Å². The molecule has 1 aromatic carbocycles. The Bertz CT molecular complexity index is 464. The van der Waals surface area contributed by atoms with Gasteiger partial charge in [0.1, 0.15) is 5.75 Å². The third-order valence-corrected chi connectivity index (χ3v) is 5.22.